The molecule has 0 spiro atoms. The number of aromatic nitrogens is 1. The van der Waals surface area contributed by atoms with E-state index in [0.29, 0.717) is 67.7 Å². The summed E-state index contributed by atoms with van der Waals surface area (Å²) in [7, 11) is 1.45. The molecule has 234 valence electrons. The average Bonchev–Trinajstić information content (AvgIpc) is 3.59. The molecule has 3 aliphatic heterocycles. The minimum Gasteiger partial charge on any atom is -0.496 e. The van der Waals surface area contributed by atoms with Crippen LogP contribution in [0.4, 0.5) is 19.6 Å². The Hall–Kier alpha value is -4.22. The van der Waals surface area contributed by atoms with E-state index in [2.05, 4.69) is 31.1 Å². The molecular formula is C31H29F2N5O6S. The largest absolute Gasteiger partial charge is 0.586 e. The maximum absolute atomic E-state index is 14.1. The van der Waals surface area contributed by atoms with E-state index in [1.165, 1.54) is 24.5 Å². The molecule has 2 N–H and O–H groups in total. The summed E-state index contributed by atoms with van der Waals surface area (Å²) < 4.78 is 49.2. The van der Waals surface area contributed by atoms with E-state index in [4.69, 9.17) is 14.5 Å². The van der Waals surface area contributed by atoms with Gasteiger partial charge in [0.05, 0.1) is 65.4 Å². The minimum absolute atomic E-state index is 0.0230. The number of fused-ring (bicyclic) bond motifs is 7. The van der Waals surface area contributed by atoms with Crippen molar-refractivity contribution < 1.29 is 37.3 Å². The van der Waals surface area contributed by atoms with Crippen molar-refractivity contribution in [3.05, 3.63) is 35.4 Å². The van der Waals surface area contributed by atoms with Gasteiger partial charge in [0.15, 0.2) is 16.6 Å². The second-order valence-electron chi connectivity index (χ2n) is 12.6. The fourth-order valence-corrected chi connectivity index (χ4v) is 8.67. The number of nitrogens with one attached hydrogen (secondary N) is 2. The molecule has 2 amide bonds. The minimum atomic E-state index is -3.92. The Balaban J connectivity index is 1.13. The van der Waals surface area contributed by atoms with Crippen LogP contribution in [-0.4, -0.2) is 61.0 Å². The molecule has 2 aromatic carbocycles. The number of hydrogen-bond acceptors (Lipinski definition) is 10. The van der Waals surface area contributed by atoms with Crippen molar-refractivity contribution in [1.82, 2.24) is 10.3 Å². The first-order valence-corrected chi connectivity index (χ1v) is 15.7. The molecule has 5 fully saturated rings. The number of methoxy groups -OCH3 is 1. The van der Waals surface area contributed by atoms with Crippen molar-refractivity contribution in [1.29, 1.82) is 5.26 Å². The van der Waals surface area contributed by atoms with Gasteiger partial charge in [0.2, 0.25) is 0 Å². The van der Waals surface area contributed by atoms with Gasteiger partial charge in [0, 0.05) is 11.6 Å². The number of nitriles is 1. The molecule has 3 aromatic rings. The molecule has 3 aliphatic carbocycles. The third kappa shape index (κ3) is 4.54. The van der Waals surface area contributed by atoms with E-state index < -0.39 is 23.6 Å². The summed E-state index contributed by atoms with van der Waals surface area (Å²) >= 11 is 1.37. The number of carbonyl (C=O) groups is 2. The van der Waals surface area contributed by atoms with Crippen molar-refractivity contribution in [3.63, 3.8) is 0 Å². The second-order valence-corrected chi connectivity index (χ2v) is 13.5. The normalized spacial score (nSPS) is 28.7. The van der Waals surface area contributed by atoms with E-state index in [1.54, 1.807) is 12.1 Å². The molecule has 4 bridgehead atoms. The van der Waals surface area contributed by atoms with Crippen LogP contribution in [0.5, 0.6) is 17.2 Å². The summed E-state index contributed by atoms with van der Waals surface area (Å²) in [5, 5.41) is 16.3. The number of hydrogen-bond donors (Lipinski definition) is 2. The van der Waals surface area contributed by atoms with Gasteiger partial charge in [0.1, 0.15) is 11.3 Å². The summed E-state index contributed by atoms with van der Waals surface area (Å²) in [6, 6.07) is 8.70. The van der Waals surface area contributed by atoms with Gasteiger partial charge in [-0.15, -0.1) is 8.78 Å². The Kier molecular flexibility index (Phi) is 6.21. The fraction of sp³-hybridized carbons (Fsp3) is 0.484. The van der Waals surface area contributed by atoms with Gasteiger partial charge < -0.3 is 34.5 Å². The highest BCUT2D eigenvalue weighted by Crippen LogP contribution is 2.52. The first-order chi connectivity index (χ1) is 21.6. The zero-order valence-corrected chi connectivity index (χ0v) is 25.1. The number of anilines is 2. The SMILES string of the molecule is COc1ccc2nc(N3C4COCC3C4)sc2c1C(=O)Nc1cc2c(cc1C(=O)NC13CCC(C#N)(CC1)CC3)OC(F)(F)O2. The number of morpholine rings is 1. The second kappa shape index (κ2) is 9.89. The number of rotatable bonds is 6. The predicted molar refractivity (Wildman–Crippen MR) is 158 cm³/mol. The Morgan fingerprint density at radius 3 is 2.40 bits per heavy atom. The van der Waals surface area contributed by atoms with Crippen molar-refractivity contribution in [2.45, 2.75) is 68.9 Å². The van der Waals surface area contributed by atoms with Crippen LogP contribution in [0.25, 0.3) is 10.2 Å². The zero-order chi connectivity index (χ0) is 31.1. The average molecular weight is 638 g/mol. The molecule has 11 nitrogen and oxygen atoms in total. The number of thiazole rings is 1. The highest BCUT2D eigenvalue weighted by Gasteiger charge is 2.50. The monoisotopic (exact) mass is 637 g/mol. The predicted octanol–water partition coefficient (Wildman–Crippen LogP) is 5.20. The Morgan fingerprint density at radius 2 is 1.76 bits per heavy atom. The van der Waals surface area contributed by atoms with Crippen LogP contribution in [0.15, 0.2) is 24.3 Å². The quantitative estimate of drug-likeness (QED) is 0.374. The standard InChI is InChI=1S/C31H29F2N5O6S/c1-41-21-3-2-19-25(45-28(36-19)38-16-10-17(38)14-42-13-16)24(21)27(40)35-20-12-23-22(43-31(32,33)44-23)11-18(20)26(39)37-30-7-4-29(15-34,5-8-30)6-9-30/h2-3,11-12,16-17H,4-10,13-14H2,1H3,(H,35,40)(H,37,39). The molecule has 2 atom stereocenters. The molecule has 2 saturated heterocycles. The smallest absolute Gasteiger partial charge is 0.496 e. The lowest BCUT2D eigenvalue weighted by atomic mass is 9.58. The molecule has 0 radical (unpaired) electrons. The van der Waals surface area contributed by atoms with E-state index >= 15 is 0 Å². The molecule has 3 saturated carbocycles. The van der Waals surface area contributed by atoms with Crippen LogP contribution in [0.1, 0.15) is 65.7 Å². The number of alkyl halides is 2. The third-order valence-electron chi connectivity index (χ3n) is 10.0. The van der Waals surface area contributed by atoms with Crippen molar-refractivity contribution in [3.8, 4) is 23.3 Å². The van der Waals surface area contributed by atoms with Crippen LogP contribution in [-0.2, 0) is 4.74 Å². The van der Waals surface area contributed by atoms with Crippen molar-refractivity contribution in [2.24, 2.45) is 5.41 Å². The molecule has 9 rings (SSSR count). The molecule has 6 aliphatic rings. The molecule has 2 unspecified atom stereocenters. The number of amides is 2. The number of nitrogens with zero attached hydrogens (tertiary/aromatic N) is 3. The number of carbonyl (C=O) groups excluding carboxylic acids is 2. The molecule has 4 heterocycles. The van der Waals surface area contributed by atoms with Crippen molar-refractivity contribution in [2.75, 3.05) is 30.5 Å². The summed E-state index contributed by atoms with van der Waals surface area (Å²) in [6.07, 6.45) is 1.03. The van der Waals surface area contributed by atoms with Gasteiger partial charge in [-0.1, -0.05) is 11.3 Å². The van der Waals surface area contributed by atoms with Gasteiger partial charge in [-0.3, -0.25) is 9.59 Å². The van der Waals surface area contributed by atoms with E-state index in [1.807, 2.05) is 0 Å². The van der Waals surface area contributed by atoms with Gasteiger partial charge in [0.25, 0.3) is 11.8 Å². The third-order valence-corrected chi connectivity index (χ3v) is 11.1. The Morgan fingerprint density at radius 1 is 1.07 bits per heavy atom. The van der Waals surface area contributed by atoms with Gasteiger partial charge in [-0.2, -0.15) is 5.26 Å². The lowest BCUT2D eigenvalue weighted by Gasteiger charge is -2.52. The van der Waals surface area contributed by atoms with Crippen LogP contribution < -0.4 is 29.7 Å². The zero-order valence-electron chi connectivity index (χ0n) is 24.3. The first-order valence-electron chi connectivity index (χ1n) is 14.9. The lowest BCUT2D eigenvalue weighted by Crippen LogP contribution is -2.64. The van der Waals surface area contributed by atoms with Crippen LogP contribution >= 0.6 is 11.3 Å². The van der Waals surface area contributed by atoms with E-state index in [0.717, 1.165) is 17.6 Å². The highest BCUT2D eigenvalue weighted by molar-refractivity contribution is 7.22. The highest BCUT2D eigenvalue weighted by atomic mass is 32.1. The van der Waals surface area contributed by atoms with Crippen molar-refractivity contribution >= 4 is 44.2 Å². The Labute approximate surface area is 260 Å². The Bertz CT molecular complexity index is 1770. The molecule has 1 aromatic heterocycles. The van der Waals surface area contributed by atoms with Crippen LogP contribution in [0.3, 0.4) is 0 Å². The topological polar surface area (TPSA) is 135 Å². The molecule has 45 heavy (non-hydrogen) atoms. The first kappa shape index (κ1) is 28.3. The molecule has 14 heteroatoms. The molecular weight excluding hydrogens is 608 g/mol. The van der Waals surface area contributed by atoms with Gasteiger partial charge in [-0.25, -0.2) is 4.98 Å². The summed E-state index contributed by atoms with van der Waals surface area (Å²) in [5.41, 5.74) is -0.131. The number of ether oxygens (including phenoxy) is 4. The maximum atomic E-state index is 14.1. The van der Waals surface area contributed by atoms with E-state index in [9.17, 15) is 23.6 Å². The fourth-order valence-electron chi connectivity index (χ4n) is 7.43. The summed E-state index contributed by atoms with van der Waals surface area (Å²) in [4.78, 5) is 34.9. The van der Waals surface area contributed by atoms with Crippen LogP contribution in [0, 0.1) is 16.7 Å². The number of benzene rings is 2. The summed E-state index contributed by atoms with van der Waals surface area (Å²) in [5.74, 6) is -1.48. The summed E-state index contributed by atoms with van der Waals surface area (Å²) in [6.45, 7) is 1.25. The maximum Gasteiger partial charge on any atom is 0.586 e. The van der Waals surface area contributed by atoms with Gasteiger partial charge >= 0.3 is 6.29 Å². The van der Waals surface area contributed by atoms with Gasteiger partial charge in [-0.05, 0) is 63.1 Å². The van der Waals surface area contributed by atoms with Crippen LogP contribution in [0.2, 0.25) is 0 Å². The van der Waals surface area contributed by atoms with E-state index in [-0.39, 0.29) is 45.8 Å². The number of halogens is 2. The lowest BCUT2D eigenvalue weighted by molar-refractivity contribution is -0.286.